The van der Waals surface area contributed by atoms with Gasteiger partial charge in [0.2, 0.25) is 0 Å². The van der Waals surface area contributed by atoms with Gasteiger partial charge in [-0.25, -0.2) is 0 Å². The van der Waals surface area contributed by atoms with Crippen molar-refractivity contribution in [3.05, 3.63) is 65.4 Å². The molecule has 1 aliphatic heterocycles. The molecule has 0 atom stereocenters. The van der Waals surface area contributed by atoms with Crippen LogP contribution in [0.3, 0.4) is 0 Å². The van der Waals surface area contributed by atoms with Crippen LogP contribution < -0.4 is 4.74 Å². The molecule has 29 heavy (non-hydrogen) atoms. The van der Waals surface area contributed by atoms with Crippen LogP contribution in [0.15, 0.2) is 48.5 Å². The molecule has 2 amide bonds. The van der Waals surface area contributed by atoms with E-state index in [0.29, 0.717) is 37.4 Å². The molecule has 0 saturated carbocycles. The number of ether oxygens (including phenoxy) is 1. The van der Waals surface area contributed by atoms with Crippen molar-refractivity contribution < 1.29 is 14.3 Å². The van der Waals surface area contributed by atoms with Crippen LogP contribution in [-0.4, -0.2) is 59.9 Å². The van der Waals surface area contributed by atoms with Crippen molar-refractivity contribution in [3.8, 4) is 5.75 Å². The molecule has 4 rings (SSSR count). The van der Waals surface area contributed by atoms with Crippen molar-refractivity contribution in [1.29, 1.82) is 0 Å². The van der Waals surface area contributed by atoms with Crippen molar-refractivity contribution in [2.45, 2.75) is 13.3 Å². The number of aromatic amines is 1. The molecule has 1 N–H and O–H groups in total. The lowest BCUT2D eigenvalue weighted by Crippen LogP contribution is -2.50. The topological polar surface area (TPSA) is 65.6 Å². The maximum atomic E-state index is 12.9. The van der Waals surface area contributed by atoms with Crippen LogP contribution in [0.1, 0.15) is 33.3 Å². The van der Waals surface area contributed by atoms with E-state index in [1.165, 1.54) is 5.56 Å². The quantitative estimate of drug-likeness (QED) is 0.742. The molecule has 6 nitrogen and oxygen atoms in total. The summed E-state index contributed by atoms with van der Waals surface area (Å²) in [6.45, 7) is 4.21. The highest BCUT2D eigenvalue weighted by Gasteiger charge is 2.26. The molecule has 2 heterocycles. The second kappa shape index (κ2) is 7.99. The lowest BCUT2D eigenvalue weighted by Gasteiger charge is -2.34. The SMILES string of the molecule is CCc1ccc(C(=O)N2CCN(C(=O)c3cc4ccc(OC)cc4[nH]3)CC2)cc1. The number of carbonyl (C=O) groups is 2. The second-order valence-corrected chi connectivity index (χ2v) is 7.27. The van der Waals surface area contributed by atoms with Crippen LogP contribution in [0.25, 0.3) is 10.9 Å². The van der Waals surface area contributed by atoms with Gasteiger partial charge in [-0.2, -0.15) is 0 Å². The first kappa shape index (κ1) is 19.1. The second-order valence-electron chi connectivity index (χ2n) is 7.27. The smallest absolute Gasteiger partial charge is 0.270 e. The minimum atomic E-state index is -0.0421. The first-order valence-corrected chi connectivity index (χ1v) is 9.93. The molecule has 0 aliphatic carbocycles. The number of fused-ring (bicyclic) bond motifs is 1. The maximum absolute atomic E-state index is 12.9. The van der Waals surface area contributed by atoms with Gasteiger partial charge in [0.1, 0.15) is 11.4 Å². The summed E-state index contributed by atoms with van der Waals surface area (Å²) in [7, 11) is 1.62. The zero-order valence-electron chi connectivity index (χ0n) is 16.8. The van der Waals surface area contributed by atoms with E-state index in [9.17, 15) is 9.59 Å². The lowest BCUT2D eigenvalue weighted by atomic mass is 10.1. The number of aryl methyl sites for hydroxylation is 1. The highest BCUT2D eigenvalue weighted by Crippen LogP contribution is 2.22. The van der Waals surface area contributed by atoms with Gasteiger partial charge < -0.3 is 19.5 Å². The molecule has 150 valence electrons. The third-order valence-corrected chi connectivity index (χ3v) is 5.52. The fraction of sp³-hybridized carbons (Fsp3) is 0.304. The van der Waals surface area contributed by atoms with Crippen LogP contribution in [0.5, 0.6) is 5.75 Å². The van der Waals surface area contributed by atoms with E-state index in [2.05, 4.69) is 11.9 Å². The number of amides is 2. The Balaban J connectivity index is 1.41. The van der Waals surface area contributed by atoms with Gasteiger partial charge in [-0.3, -0.25) is 9.59 Å². The maximum Gasteiger partial charge on any atom is 0.270 e. The largest absolute Gasteiger partial charge is 0.497 e. The lowest BCUT2D eigenvalue weighted by molar-refractivity contribution is 0.0533. The summed E-state index contributed by atoms with van der Waals surface area (Å²) in [5.41, 5.74) is 3.35. The van der Waals surface area contributed by atoms with Crippen molar-refractivity contribution in [3.63, 3.8) is 0 Å². The third kappa shape index (κ3) is 3.83. The Morgan fingerprint density at radius 2 is 1.59 bits per heavy atom. The number of H-pyrrole nitrogens is 1. The summed E-state index contributed by atoms with van der Waals surface area (Å²) in [6, 6.07) is 15.3. The summed E-state index contributed by atoms with van der Waals surface area (Å²) in [5, 5.41) is 0.971. The number of carbonyl (C=O) groups excluding carboxylic acids is 2. The monoisotopic (exact) mass is 391 g/mol. The molecular weight excluding hydrogens is 366 g/mol. The van der Waals surface area contributed by atoms with E-state index in [-0.39, 0.29) is 11.8 Å². The van der Waals surface area contributed by atoms with Gasteiger partial charge in [0.25, 0.3) is 11.8 Å². The summed E-state index contributed by atoms with van der Waals surface area (Å²) in [6.07, 6.45) is 0.954. The van der Waals surface area contributed by atoms with Gasteiger partial charge in [0.15, 0.2) is 0 Å². The molecule has 6 heteroatoms. The number of rotatable bonds is 4. The van der Waals surface area contributed by atoms with E-state index in [1.54, 1.807) is 12.0 Å². The van der Waals surface area contributed by atoms with Crippen LogP contribution >= 0.6 is 0 Å². The Bertz CT molecular complexity index is 1030. The molecule has 0 bridgehead atoms. The van der Waals surface area contributed by atoms with E-state index < -0.39 is 0 Å². The van der Waals surface area contributed by atoms with Crippen molar-refractivity contribution in [2.75, 3.05) is 33.3 Å². The molecule has 1 fully saturated rings. The van der Waals surface area contributed by atoms with Gasteiger partial charge in [0.05, 0.1) is 7.11 Å². The van der Waals surface area contributed by atoms with Gasteiger partial charge >= 0.3 is 0 Å². The molecule has 0 radical (unpaired) electrons. The van der Waals surface area contributed by atoms with Crippen LogP contribution in [-0.2, 0) is 6.42 Å². The number of nitrogens with zero attached hydrogens (tertiary/aromatic N) is 2. The molecule has 1 aromatic heterocycles. The number of benzene rings is 2. The van der Waals surface area contributed by atoms with Crippen molar-refractivity contribution >= 4 is 22.7 Å². The number of methoxy groups -OCH3 is 1. The molecule has 1 aliphatic rings. The predicted octanol–water partition coefficient (Wildman–Crippen LogP) is 3.34. The van der Waals surface area contributed by atoms with Gasteiger partial charge in [-0.15, -0.1) is 0 Å². The van der Waals surface area contributed by atoms with E-state index >= 15 is 0 Å². The fourth-order valence-electron chi connectivity index (χ4n) is 3.70. The fourth-order valence-corrected chi connectivity index (χ4v) is 3.70. The average Bonchev–Trinajstić information content (AvgIpc) is 3.21. The minimum absolute atomic E-state index is 0.0254. The number of aromatic nitrogens is 1. The Morgan fingerprint density at radius 3 is 2.21 bits per heavy atom. The highest BCUT2D eigenvalue weighted by molar-refractivity contribution is 5.98. The minimum Gasteiger partial charge on any atom is -0.497 e. The van der Waals surface area contributed by atoms with Gasteiger partial charge in [-0.1, -0.05) is 19.1 Å². The van der Waals surface area contributed by atoms with Crippen molar-refractivity contribution in [1.82, 2.24) is 14.8 Å². The molecular formula is C23H25N3O3. The van der Waals surface area contributed by atoms with E-state index in [4.69, 9.17) is 4.74 Å². The molecule has 2 aromatic carbocycles. The average molecular weight is 391 g/mol. The standard InChI is InChI=1S/C23H25N3O3/c1-3-16-4-6-17(7-5-16)22(27)25-10-12-26(13-11-25)23(28)21-14-18-8-9-19(29-2)15-20(18)24-21/h4-9,14-15,24H,3,10-13H2,1-2H3. The predicted molar refractivity (Wildman–Crippen MR) is 112 cm³/mol. The zero-order chi connectivity index (χ0) is 20.4. The van der Waals surface area contributed by atoms with Crippen molar-refractivity contribution in [2.24, 2.45) is 0 Å². The highest BCUT2D eigenvalue weighted by atomic mass is 16.5. The Morgan fingerprint density at radius 1 is 0.931 bits per heavy atom. The van der Waals surface area contributed by atoms with Gasteiger partial charge in [0, 0.05) is 48.7 Å². The molecule has 0 spiro atoms. The van der Waals surface area contributed by atoms with Crippen LogP contribution in [0.4, 0.5) is 0 Å². The number of nitrogens with one attached hydrogen (secondary N) is 1. The van der Waals surface area contributed by atoms with E-state index in [1.807, 2.05) is 53.4 Å². The number of hydrogen-bond acceptors (Lipinski definition) is 3. The molecule has 1 saturated heterocycles. The summed E-state index contributed by atoms with van der Waals surface area (Å²) in [5.74, 6) is 0.731. The molecule has 3 aromatic rings. The summed E-state index contributed by atoms with van der Waals surface area (Å²) in [4.78, 5) is 32.4. The summed E-state index contributed by atoms with van der Waals surface area (Å²) >= 11 is 0. The summed E-state index contributed by atoms with van der Waals surface area (Å²) < 4.78 is 5.24. The Kier molecular flexibility index (Phi) is 5.25. The van der Waals surface area contributed by atoms with Crippen LogP contribution in [0.2, 0.25) is 0 Å². The Labute approximate surface area is 170 Å². The molecule has 0 unspecified atom stereocenters. The normalized spacial score (nSPS) is 14.3. The number of piperazine rings is 1. The first-order valence-electron chi connectivity index (χ1n) is 9.93. The first-order chi connectivity index (χ1) is 14.1. The third-order valence-electron chi connectivity index (χ3n) is 5.52. The number of hydrogen-bond donors (Lipinski definition) is 1. The van der Waals surface area contributed by atoms with Gasteiger partial charge in [-0.05, 0) is 42.3 Å². The van der Waals surface area contributed by atoms with Crippen LogP contribution in [0, 0.1) is 0 Å². The Hall–Kier alpha value is -3.28. The van der Waals surface area contributed by atoms with E-state index in [0.717, 1.165) is 23.1 Å². The zero-order valence-corrected chi connectivity index (χ0v) is 16.8.